The van der Waals surface area contributed by atoms with Crippen LogP contribution < -0.4 is 9.64 Å². The van der Waals surface area contributed by atoms with Gasteiger partial charge in [0.15, 0.2) is 17.2 Å². The fourth-order valence-corrected chi connectivity index (χ4v) is 4.45. The van der Waals surface area contributed by atoms with Gasteiger partial charge in [-0.2, -0.15) is 23.4 Å². The lowest BCUT2D eigenvalue weighted by molar-refractivity contribution is -0.141. The van der Waals surface area contributed by atoms with E-state index in [4.69, 9.17) is 9.72 Å². The molecule has 0 bridgehead atoms. The second-order valence-electron chi connectivity index (χ2n) is 9.55. The quantitative estimate of drug-likeness (QED) is 0.301. The maximum absolute atomic E-state index is 13.3. The summed E-state index contributed by atoms with van der Waals surface area (Å²) in [5, 5.41) is 9.05. The molecule has 0 radical (unpaired) electrons. The third-order valence-corrected chi connectivity index (χ3v) is 6.55. The van der Waals surface area contributed by atoms with E-state index in [1.807, 2.05) is 12.1 Å². The van der Waals surface area contributed by atoms with Crippen LogP contribution in [0.5, 0.6) is 5.88 Å². The highest BCUT2D eigenvalue weighted by atomic mass is 19.4. The number of benzene rings is 1. The zero-order chi connectivity index (χ0) is 27.3. The fourth-order valence-electron chi connectivity index (χ4n) is 4.45. The first-order valence-corrected chi connectivity index (χ1v) is 12.2. The number of hydrogen-bond donors (Lipinski definition) is 0. The molecule has 1 aliphatic carbocycles. The number of halogens is 3. The van der Waals surface area contributed by atoms with Crippen molar-refractivity contribution in [2.24, 2.45) is 0 Å². The SMILES string of the molecule is COc1ncnc(C2CC2)c1-c1ncc2cnn(Cc3ccc(-n4nc(C(F)(F)F)cc4N(C)C)cc3)c2n1. The number of hydrogen-bond acceptors (Lipinski definition) is 8. The van der Waals surface area contributed by atoms with E-state index in [1.54, 1.807) is 55.3 Å². The van der Waals surface area contributed by atoms with Gasteiger partial charge in [0.05, 0.1) is 36.6 Å². The molecule has 0 unspecified atom stereocenters. The molecule has 4 aromatic heterocycles. The average molecular weight is 536 g/mol. The summed E-state index contributed by atoms with van der Waals surface area (Å²) in [6.45, 7) is 0.394. The molecule has 0 atom stereocenters. The Morgan fingerprint density at radius 2 is 1.82 bits per heavy atom. The molecule has 1 aliphatic rings. The van der Waals surface area contributed by atoms with Crippen molar-refractivity contribution in [1.82, 2.24) is 39.5 Å². The van der Waals surface area contributed by atoms with Crippen LogP contribution in [0.25, 0.3) is 28.1 Å². The zero-order valence-corrected chi connectivity index (χ0v) is 21.4. The van der Waals surface area contributed by atoms with Crippen LogP contribution in [0.4, 0.5) is 19.0 Å². The molecule has 5 aromatic rings. The summed E-state index contributed by atoms with van der Waals surface area (Å²) < 4.78 is 48.4. The third-order valence-electron chi connectivity index (χ3n) is 6.55. The second kappa shape index (κ2) is 9.33. The molecule has 39 heavy (non-hydrogen) atoms. The van der Waals surface area contributed by atoms with Crippen molar-refractivity contribution in [3.05, 3.63) is 66.0 Å². The number of aromatic nitrogens is 8. The Morgan fingerprint density at radius 3 is 2.49 bits per heavy atom. The summed E-state index contributed by atoms with van der Waals surface area (Å²) in [7, 11) is 4.90. The van der Waals surface area contributed by atoms with Crippen LogP contribution in [0.2, 0.25) is 0 Å². The van der Waals surface area contributed by atoms with E-state index in [2.05, 4.69) is 25.1 Å². The summed E-state index contributed by atoms with van der Waals surface area (Å²) in [5.41, 5.74) is 2.66. The lowest BCUT2D eigenvalue weighted by Gasteiger charge is -2.14. The lowest BCUT2D eigenvalue weighted by atomic mass is 10.1. The van der Waals surface area contributed by atoms with Crippen molar-refractivity contribution in [3.8, 4) is 23.0 Å². The number of anilines is 1. The standard InChI is InChI=1S/C26H24F3N9O/c1-36(2)20-10-19(26(27,28)29)35-38(20)18-8-4-15(5-9-18)13-37-24-17(12-33-37)11-30-23(34-24)21-22(16-6-7-16)31-14-32-25(21)39-3/h4-5,8-12,14,16H,6-7,13H2,1-3H3. The Morgan fingerprint density at radius 1 is 1.05 bits per heavy atom. The molecule has 6 rings (SSSR count). The van der Waals surface area contributed by atoms with Crippen LogP contribution in [-0.2, 0) is 12.7 Å². The van der Waals surface area contributed by atoms with Crippen molar-refractivity contribution < 1.29 is 17.9 Å². The first-order valence-electron chi connectivity index (χ1n) is 12.2. The van der Waals surface area contributed by atoms with Crippen molar-refractivity contribution in [2.45, 2.75) is 31.5 Å². The van der Waals surface area contributed by atoms with Gasteiger partial charge in [-0.25, -0.2) is 29.3 Å². The molecule has 10 nitrogen and oxygen atoms in total. The van der Waals surface area contributed by atoms with E-state index in [0.717, 1.165) is 35.6 Å². The first-order chi connectivity index (χ1) is 18.7. The first kappa shape index (κ1) is 24.8. The van der Waals surface area contributed by atoms with E-state index in [1.165, 1.54) is 11.0 Å². The number of nitrogens with zero attached hydrogens (tertiary/aromatic N) is 9. The largest absolute Gasteiger partial charge is 0.480 e. The maximum atomic E-state index is 13.3. The molecule has 1 fully saturated rings. The van der Waals surface area contributed by atoms with Crippen LogP contribution in [0.15, 0.2) is 49.1 Å². The van der Waals surface area contributed by atoms with Crippen LogP contribution in [0.1, 0.15) is 35.7 Å². The number of ether oxygens (including phenoxy) is 1. The highest BCUT2D eigenvalue weighted by Gasteiger charge is 2.35. The van der Waals surface area contributed by atoms with Crippen LogP contribution in [0.3, 0.4) is 0 Å². The molecule has 1 saturated carbocycles. The normalized spacial score (nSPS) is 13.7. The predicted molar refractivity (Wildman–Crippen MR) is 137 cm³/mol. The predicted octanol–water partition coefficient (Wildman–Crippen LogP) is 4.49. The van der Waals surface area contributed by atoms with Gasteiger partial charge >= 0.3 is 6.18 Å². The Labute approximate surface area is 221 Å². The van der Waals surface area contributed by atoms with Gasteiger partial charge in [0, 0.05) is 32.3 Å². The molecule has 1 aromatic carbocycles. The zero-order valence-electron chi connectivity index (χ0n) is 21.4. The Kier molecular flexibility index (Phi) is 5.92. The average Bonchev–Trinajstić information content (AvgIpc) is 3.53. The topological polar surface area (TPSA) is 99.7 Å². The van der Waals surface area contributed by atoms with E-state index < -0.39 is 11.9 Å². The Balaban J connectivity index is 1.32. The molecule has 4 heterocycles. The summed E-state index contributed by atoms with van der Waals surface area (Å²) in [6, 6.07) is 8.16. The highest BCUT2D eigenvalue weighted by Crippen LogP contribution is 2.44. The van der Waals surface area contributed by atoms with Gasteiger partial charge in [-0.15, -0.1) is 0 Å². The molecular formula is C26H24F3N9O. The van der Waals surface area contributed by atoms with Gasteiger partial charge < -0.3 is 9.64 Å². The highest BCUT2D eigenvalue weighted by molar-refractivity contribution is 5.77. The fraction of sp³-hybridized carbons (Fsp3) is 0.308. The molecular weight excluding hydrogens is 511 g/mol. The molecule has 0 saturated heterocycles. The summed E-state index contributed by atoms with van der Waals surface area (Å²) in [4.78, 5) is 19.7. The Bertz CT molecular complexity index is 1650. The summed E-state index contributed by atoms with van der Waals surface area (Å²) in [5.74, 6) is 1.56. The van der Waals surface area contributed by atoms with Gasteiger partial charge in [-0.05, 0) is 30.5 Å². The number of rotatable bonds is 7. The van der Waals surface area contributed by atoms with E-state index in [9.17, 15) is 13.2 Å². The number of alkyl halides is 3. The minimum Gasteiger partial charge on any atom is -0.480 e. The second-order valence-corrected chi connectivity index (χ2v) is 9.55. The molecule has 13 heteroatoms. The van der Waals surface area contributed by atoms with Gasteiger partial charge in [0.25, 0.3) is 0 Å². The summed E-state index contributed by atoms with van der Waals surface area (Å²) in [6.07, 6.45) is 2.47. The van der Waals surface area contributed by atoms with Crippen LogP contribution in [0, 0.1) is 0 Å². The molecule has 0 N–H and O–H groups in total. The van der Waals surface area contributed by atoms with Gasteiger partial charge in [0.1, 0.15) is 17.7 Å². The van der Waals surface area contributed by atoms with Crippen LogP contribution in [-0.4, -0.2) is 60.7 Å². The number of methoxy groups -OCH3 is 1. The van der Waals surface area contributed by atoms with Gasteiger partial charge in [0.2, 0.25) is 5.88 Å². The van der Waals surface area contributed by atoms with E-state index >= 15 is 0 Å². The monoisotopic (exact) mass is 535 g/mol. The lowest BCUT2D eigenvalue weighted by Crippen LogP contribution is -2.14. The van der Waals surface area contributed by atoms with E-state index in [-0.39, 0.29) is 0 Å². The molecule has 0 spiro atoms. The van der Waals surface area contributed by atoms with Crippen molar-refractivity contribution >= 4 is 16.9 Å². The molecule has 0 amide bonds. The molecule has 200 valence electrons. The van der Waals surface area contributed by atoms with Gasteiger partial charge in [-0.3, -0.25) is 0 Å². The minimum atomic E-state index is -4.53. The third kappa shape index (κ3) is 4.64. The van der Waals surface area contributed by atoms with Crippen LogP contribution >= 0.6 is 0 Å². The van der Waals surface area contributed by atoms with E-state index in [0.29, 0.717) is 46.9 Å². The van der Waals surface area contributed by atoms with Gasteiger partial charge in [-0.1, -0.05) is 12.1 Å². The smallest absolute Gasteiger partial charge is 0.435 e. The van der Waals surface area contributed by atoms with Crippen molar-refractivity contribution in [3.63, 3.8) is 0 Å². The maximum Gasteiger partial charge on any atom is 0.435 e. The minimum absolute atomic E-state index is 0.322. The van der Waals surface area contributed by atoms with Crippen molar-refractivity contribution in [2.75, 3.05) is 26.1 Å². The van der Waals surface area contributed by atoms with Crippen molar-refractivity contribution in [1.29, 1.82) is 0 Å². The number of fused-ring (bicyclic) bond motifs is 1. The Hall–Kier alpha value is -4.55. The summed E-state index contributed by atoms with van der Waals surface area (Å²) >= 11 is 0. The molecule has 0 aliphatic heterocycles.